The van der Waals surface area contributed by atoms with Crippen LogP contribution in [-0.4, -0.2) is 29.1 Å². The maximum atomic E-state index is 2.73. The summed E-state index contributed by atoms with van der Waals surface area (Å²) >= 11 is 0. The highest BCUT2D eigenvalue weighted by Gasteiger charge is 2.24. The zero-order valence-electron chi connectivity index (χ0n) is 33.2. The lowest BCUT2D eigenvalue weighted by Gasteiger charge is -2.33. The van der Waals surface area contributed by atoms with Crippen LogP contribution in [0, 0.1) is 0 Å². The molecule has 0 N–H and O–H groups in total. The fourth-order valence-corrected chi connectivity index (χ4v) is 7.78. The van der Waals surface area contributed by atoms with Crippen molar-refractivity contribution >= 4 is 0 Å². The molecule has 1 heterocycles. The first-order chi connectivity index (χ1) is 23.3. The third-order valence-electron chi connectivity index (χ3n) is 11.1. The number of unbranched alkanes of at least 4 members (excludes halogenated alkanes) is 33. The Hall–Kier alpha value is -0.660. The van der Waals surface area contributed by atoms with E-state index < -0.39 is 0 Å². The monoisotopic (exact) mass is 659 g/mol. The van der Waals surface area contributed by atoms with Gasteiger partial charge in [0.2, 0.25) is 0 Å². The molecule has 1 unspecified atom stereocenters. The van der Waals surface area contributed by atoms with E-state index in [-0.39, 0.29) is 0 Å². The molecular formula is C45H90N2. The predicted octanol–water partition coefficient (Wildman–Crippen LogP) is 15.9. The minimum absolute atomic E-state index is 0.638. The highest BCUT2D eigenvalue weighted by Crippen LogP contribution is 2.24. The number of nitrogens with zero attached hydrogens (tertiary/aromatic N) is 2. The van der Waals surface area contributed by atoms with Crippen LogP contribution in [0.3, 0.4) is 0 Å². The standard InChI is InChI=1S/C45H90N2/c1-4-7-10-13-16-19-22-24-25-27-30-33-36-39-42-47-44-43-46(41-38-35-32-29-26-23-20-17-14-11-8-5-2)45(47)40-37-34-31-28-21-18-15-12-9-6-3/h43-45H,4-42H2,1-3H3. The molecule has 0 spiro atoms. The van der Waals surface area contributed by atoms with Gasteiger partial charge in [0, 0.05) is 25.5 Å². The van der Waals surface area contributed by atoms with E-state index in [1.165, 1.54) is 251 Å². The van der Waals surface area contributed by atoms with Crippen LogP contribution in [0.15, 0.2) is 12.4 Å². The van der Waals surface area contributed by atoms with Gasteiger partial charge in [0.25, 0.3) is 0 Å². The van der Waals surface area contributed by atoms with Gasteiger partial charge in [0.1, 0.15) is 6.17 Å². The molecule has 0 amide bonds. The Morgan fingerprint density at radius 1 is 0.277 bits per heavy atom. The molecule has 0 radical (unpaired) electrons. The van der Waals surface area contributed by atoms with Crippen molar-refractivity contribution in [3.8, 4) is 0 Å². The highest BCUT2D eigenvalue weighted by molar-refractivity contribution is 4.97. The molecule has 1 aliphatic heterocycles. The molecule has 0 bridgehead atoms. The molecule has 1 atom stereocenters. The molecule has 0 aromatic rings. The molecule has 47 heavy (non-hydrogen) atoms. The van der Waals surface area contributed by atoms with E-state index in [9.17, 15) is 0 Å². The van der Waals surface area contributed by atoms with Gasteiger partial charge in [0.15, 0.2) is 0 Å². The van der Waals surface area contributed by atoms with Gasteiger partial charge < -0.3 is 9.80 Å². The zero-order chi connectivity index (χ0) is 33.7. The van der Waals surface area contributed by atoms with Gasteiger partial charge >= 0.3 is 0 Å². The second-order valence-electron chi connectivity index (χ2n) is 15.7. The molecule has 280 valence electrons. The quantitative estimate of drug-likeness (QED) is 0.0606. The molecule has 2 nitrogen and oxygen atoms in total. The lowest BCUT2D eigenvalue weighted by Crippen LogP contribution is -2.39. The van der Waals surface area contributed by atoms with E-state index in [1.54, 1.807) is 0 Å². The molecule has 0 aliphatic carbocycles. The zero-order valence-corrected chi connectivity index (χ0v) is 33.2. The third-order valence-corrected chi connectivity index (χ3v) is 11.1. The maximum Gasteiger partial charge on any atom is 0.101 e. The lowest BCUT2D eigenvalue weighted by atomic mass is 10.0. The summed E-state index contributed by atoms with van der Waals surface area (Å²) in [4.78, 5) is 5.46. The molecule has 1 aliphatic rings. The Labute approximate surface area is 299 Å². The van der Waals surface area contributed by atoms with Crippen LogP contribution in [0.2, 0.25) is 0 Å². The molecule has 2 heteroatoms. The van der Waals surface area contributed by atoms with Gasteiger partial charge in [-0.1, -0.05) is 233 Å². The van der Waals surface area contributed by atoms with E-state index in [0.29, 0.717) is 6.17 Å². The molecular weight excluding hydrogens is 569 g/mol. The topological polar surface area (TPSA) is 6.48 Å². The summed E-state index contributed by atoms with van der Waals surface area (Å²) in [7, 11) is 0. The Kier molecular flexibility index (Phi) is 34.6. The van der Waals surface area contributed by atoms with E-state index in [2.05, 4.69) is 43.0 Å². The molecule has 0 aromatic carbocycles. The Balaban J connectivity index is 2.20. The Bertz CT molecular complexity index is 615. The van der Waals surface area contributed by atoms with E-state index >= 15 is 0 Å². The first kappa shape index (κ1) is 44.4. The van der Waals surface area contributed by atoms with Gasteiger partial charge in [-0.3, -0.25) is 0 Å². The van der Waals surface area contributed by atoms with Crippen molar-refractivity contribution in [2.75, 3.05) is 13.1 Å². The first-order valence-electron chi connectivity index (χ1n) is 22.5. The fourth-order valence-electron chi connectivity index (χ4n) is 7.78. The van der Waals surface area contributed by atoms with Crippen LogP contribution < -0.4 is 0 Å². The summed E-state index contributed by atoms with van der Waals surface area (Å²) in [6.45, 7) is 9.49. The third kappa shape index (κ3) is 28.8. The second-order valence-corrected chi connectivity index (χ2v) is 15.7. The molecule has 0 saturated carbocycles. The summed E-state index contributed by atoms with van der Waals surface area (Å²) in [5.41, 5.74) is 0. The average molecular weight is 659 g/mol. The number of rotatable bonds is 39. The van der Waals surface area contributed by atoms with Crippen LogP contribution in [0.1, 0.15) is 258 Å². The van der Waals surface area contributed by atoms with Crippen LogP contribution in [0.5, 0.6) is 0 Å². The van der Waals surface area contributed by atoms with Crippen LogP contribution in [0.25, 0.3) is 0 Å². The van der Waals surface area contributed by atoms with Crippen molar-refractivity contribution < 1.29 is 0 Å². The smallest absolute Gasteiger partial charge is 0.101 e. The van der Waals surface area contributed by atoms with Crippen molar-refractivity contribution in [2.24, 2.45) is 0 Å². The summed E-state index contributed by atoms with van der Waals surface area (Å²) in [5, 5.41) is 0. The fraction of sp³-hybridized carbons (Fsp3) is 0.956. The SMILES string of the molecule is CCCCCCCCCCCCCCCCN1C=CN(CCCCCCCCCCCCCC)C1CCCCCCCCCCCC. The van der Waals surface area contributed by atoms with Crippen LogP contribution >= 0.6 is 0 Å². The molecule has 0 aromatic heterocycles. The number of hydrogen-bond donors (Lipinski definition) is 0. The first-order valence-corrected chi connectivity index (χ1v) is 22.5. The van der Waals surface area contributed by atoms with Crippen molar-refractivity contribution in [2.45, 2.75) is 265 Å². The van der Waals surface area contributed by atoms with Crippen LogP contribution in [0.4, 0.5) is 0 Å². The summed E-state index contributed by atoms with van der Waals surface area (Å²) < 4.78 is 0. The van der Waals surface area contributed by atoms with E-state index in [1.807, 2.05) is 0 Å². The largest absolute Gasteiger partial charge is 0.356 e. The summed E-state index contributed by atoms with van der Waals surface area (Å²) in [5.74, 6) is 0. The summed E-state index contributed by atoms with van der Waals surface area (Å²) in [6.07, 6.45) is 58.9. The normalized spacial score (nSPS) is 14.7. The van der Waals surface area contributed by atoms with Crippen molar-refractivity contribution in [3.63, 3.8) is 0 Å². The Morgan fingerprint density at radius 2 is 0.489 bits per heavy atom. The molecule has 0 fully saturated rings. The number of hydrogen-bond acceptors (Lipinski definition) is 2. The van der Waals surface area contributed by atoms with Gasteiger partial charge in [-0.25, -0.2) is 0 Å². The minimum Gasteiger partial charge on any atom is -0.356 e. The second kappa shape index (κ2) is 36.6. The average Bonchev–Trinajstić information content (AvgIpc) is 3.47. The van der Waals surface area contributed by atoms with Gasteiger partial charge in [-0.2, -0.15) is 0 Å². The summed E-state index contributed by atoms with van der Waals surface area (Å²) in [6, 6.07) is 0. The van der Waals surface area contributed by atoms with Crippen molar-refractivity contribution in [1.82, 2.24) is 9.80 Å². The molecule has 1 rings (SSSR count). The van der Waals surface area contributed by atoms with Crippen molar-refractivity contribution in [3.05, 3.63) is 12.4 Å². The van der Waals surface area contributed by atoms with Crippen molar-refractivity contribution in [1.29, 1.82) is 0 Å². The predicted molar refractivity (Wildman–Crippen MR) is 214 cm³/mol. The Morgan fingerprint density at radius 3 is 0.745 bits per heavy atom. The minimum atomic E-state index is 0.638. The van der Waals surface area contributed by atoms with E-state index in [4.69, 9.17) is 0 Å². The van der Waals surface area contributed by atoms with Gasteiger partial charge in [0.05, 0.1) is 0 Å². The van der Waals surface area contributed by atoms with Crippen LogP contribution in [-0.2, 0) is 0 Å². The highest BCUT2D eigenvalue weighted by atomic mass is 15.4. The maximum absolute atomic E-state index is 2.73. The van der Waals surface area contributed by atoms with Gasteiger partial charge in [-0.15, -0.1) is 0 Å². The van der Waals surface area contributed by atoms with E-state index in [0.717, 1.165) is 0 Å². The lowest BCUT2D eigenvalue weighted by molar-refractivity contribution is 0.135. The molecule has 0 saturated heterocycles. The van der Waals surface area contributed by atoms with Gasteiger partial charge in [-0.05, 0) is 25.7 Å².